The van der Waals surface area contributed by atoms with Crippen molar-refractivity contribution in [3.8, 4) is 0 Å². The number of piperidine rings is 1. The number of amides is 3. The minimum atomic E-state index is -0.690. The van der Waals surface area contributed by atoms with Crippen LogP contribution in [0, 0.1) is 23.7 Å². The molecule has 0 radical (unpaired) electrons. The molecule has 44 heavy (non-hydrogen) atoms. The second-order valence-electron chi connectivity index (χ2n) is 13.7. The van der Waals surface area contributed by atoms with Crippen LogP contribution in [0.25, 0.3) is 0 Å². The van der Waals surface area contributed by atoms with Crippen LogP contribution < -0.4 is 5.32 Å². The van der Waals surface area contributed by atoms with Gasteiger partial charge in [-0.25, -0.2) is 0 Å². The topological polar surface area (TPSA) is 118 Å². The van der Waals surface area contributed by atoms with Gasteiger partial charge in [-0.2, -0.15) is 0 Å². The van der Waals surface area contributed by atoms with E-state index in [1.54, 1.807) is 38.0 Å². The Balaban J connectivity index is 1.77. The van der Waals surface area contributed by atoms with Gasteiger partial charge in [-0.3, -0.25) is 24.1 Å². The van der Waals surface area contributed by atoms with Crippen molar-refractivity contribution in [1.82, 2.24) is 20.0 Å². The molecule has 0 spiro atoms. The van der Waals surface area contributed by atoms with Crippen LogP contribution in [-0.4, -0.2) is 123 Å². The normalized spacial score (nSPS) is 27.5. The van der Waals surface area contributed by atoms with Gasteiger partial charge in [0.25, 0.3) is 0 Å². The molecule has 1 aliphatic carbocycles. The predicted octanol–water partition coefficient (Wildman–Crippen LogP) is 2.70. The lowest BCUT2D eigenvalue weighted by Gasteiger charge is -2.41. The molecule has 10 atom stereocenters. The summed E-state index contributed by atoms with van der Waals surface area (Å²) in [4.78, 5) is 59.5. The first-order valence-electron chi connectivity index (χ1n) is 16.5. The largest absolute Gasteiger partial charge is 0.469 e. The lowest BCUT2D eigenvalue weighted by Crippen LogP contribution is -2.60. The Morgan fingerprint density at radius 3 is 2.20 bits per heavy atom. The third kappa shape index (κ3) is 7.58. The number of nitrogens with one attached hydrogen (secondary N) is 1. The number of rotatable bonds is 15. The van der Waals surface area contributed by atoms with Crippen LogP contribution in [0.4, 0.5) is 0 Å². The summed E-state index contributed by atoms with van der Waals surface area (Å²) in [6.07, 6.45) is 4.56. The number of likely N-dealkylation sites (N-methyl/N-ethyl adjacent to an activating group) is 2. The van der Waals surface area contributed by atoms with Crippen molar-refractivity contribution < 1.29 is 33.4 Å². The van der Waals surface area contributed by atoms with Crippen LogP contribution in [0.15, 0.2) is 0 Å². The number of ether oxygens (including phenoxy) is 3. The van der Waals surface area contributed by atoms with Crippen molar-refractivity contribution in [3.05, 3.63) is 0 Å². The van der Waals surface area contributed by atoms with E-state index in [0.717, 1.165) is 38.5 Å². The monoisotopic (exact) mass is 622 g/mol. The second kappa shape index (κ2) is 15.9. The van der Waals surface area contributed by atoms with Gasteiger partial charge in [0, 0.05) is 33.9 Å². The summed E-state index contributed by atoms with van der Waals surface area (Å²) in [6, 6.07) is -1.10. The van der Waals surface area contributed by atoms with E-state index in [-0.39, 0.29) is 54.0 Å². The summed E-state index contributed by atoms with van der Waals surface area (Å²) < 4.78 is 16.6. The van der Waals surface area contributed by atoms with Crippen molar-refractivity contribution in [1.29, 1.82) is 0 Å². The molecule has 2 aliphatic heterocycles. The first kappa shape index (κ1) is 36.2. The Hall–Kier alpha value is -2.24. The van der Waals surface area contributed by atoms with Gasteiger partial charge in [0.2, 0.25) is 17.7 Å². The Bertz CT molecular complexity index is 1010. The standard InChI is InChI=1S/C33H58N4O7/c1-11-20(4)28(25(42-8)18-26(38)37-16-12-13-24(37)30(43-9)21(5)33(41)44-10)36(7)32(40)27(19(2)3)34-31(39)29-22-14-15-23(17-22)35(29)6/h19-25,27-30H,11-18H2,1-10H3,(H,34,39)/t20-,21?,22-,23+,24-,25+,27-,28-,29-,30?/m0/s1. The van der Waals surface area contributed by atoms with E-state index in [1.807, 2.05) is 20.9 Å². The van der Waals surface area contributed by atoms with E-state index in [0.29, 0.717) is 18.5 Å². The van der Waals surface area contributed by atoms with E-state index in [9.17, 15) is 19.2 Å². The maximum absolute atomic E-state index is 14.1. The van der Waals surface area contributed by atoms with Gasteiger partial charge in [0.15, 0.2) is 0 Å². The molecule has 3 fully saturated rings. The van der Waals surface area contributed by atoms with Crippen LogP contribution >= 0.6 is 0 Å². The fraction of sp³-hybridized carbons (Fsp3) is 0.879. The Kier molecular flexibility index (Phi) is 13.1. The van der Waals surface area contributed by atoms with Gasteiger partial charge in [0.05, 0.1) is 49.8 Å². The average molecular weight is 623 g/mol. The highest BCUT2D eigenvalue weighted by Gasteiger charge is 2.48. The molecular weight excluding hydrogens is 564 g/mol. The number of fused-ring (bicyclic) bond motifs is 2. The molecule has 1 N–H and O–H groups in total. The summed E-state index contributed by atoms with van der Waals surface area (Å²) in [6.45, 7) is 10.4. The number of nitrogens with zero attached hydrogens (tertiary/aromatic N) is 3. The van der Waals surface area contributed by atoms with Crippen LogP contribution in [0.5, 0.6) is 0 Å². The summed E-state index contributed by atoms with van der Waals surface area (Å²) in [5, 5.41) is 3.12. The Labute approximate surface area is 264 Å². The molecule has 3 amide bonds. The van der Waals surface area contributed by atoms with Crippen LogP contribution in [-0.2, 0) is 33.4 Å². The highest BCUT2D eigenvalue weighted by Crippen LogP contribution is 2.41. The summed E-state index contributed by atoms with van der Waals surface area (Å²) >= 11 is 0. The molecule has 2 unspecified atom stereocenters. The number of methoxy groups -OCH3 is 3. The molecule has 1 saturated carbocycles. The zero-order chi connectivity index (χ0) is 32.9. The van der Waals surface area contributed by atoms with Gasteiger partial charge in [-0.05, 0) is 63.8 Å². The second-order valence-corrected chi connectivity index (χ2v) is 13.7. The third-order valence-electron chi connectivity index (χ3n) is 10.8. The molecule has 0 aromatic carbocycles. The van der Waals surface area contributed by atoms with Crippen molar-refractivity contribution in [2.75, 3.05) is 42.0 Å². The zero-order valence-corrected chi connectivity index (χ0v) is 28.7. The minimum Gasteiger partial charge on any atom is -0.469 e. The van der Waals surface area contributed by atoms with E-state index in [2.05, 4.69) is 24.1 Å². The molecular formula is C33H58N4O7. The third-order valence-corrected chi connectivity index (χ3v) is 10.8. The molecule has 252 valence electrons. The Morgan fingerprint density at radius 1 is 1.00 bits per heavy atom. The van der Waals surface area contributed by atoms with Crippen molar-refractivity contribution in [2.45, 2.75) is 122 Å². The van der Waals surface area contributed by atoms with Crippen molar-refractivity contribution >= 4 is 23.7 Å². The number of hydrogen-bond donors (Lipinski definition) is 1. The van der Waals surface area contributed by atoms with Gasteiger partial charge in [-0.15, -0.1) is 0 Å². The highest BCUT2D eigenvalue weighted by atomic mass is 16.5. The predicted molar refractivity (Wildman–Crippen MR) is 168 cm³/mol. The molecule has 3 aliphatic rings. The lowest BCUT2D eigenvalue weighted by molar-refractivity contribution is -0.154. The lowest BCUT2D eigenvalue weighted by atomic mass is 9.89. The van der Waals surface area contributed by atoms with Crippen LogP contribution in [0.2, 0.25) is 0 Å². The maximum Gasteiger partial charge on any atom is 0.311 e. The number of hydrogen-bond acceptors (Lipinski definition) is 8. The summed E-state index contributed by atoms with van der Waals surface area (Å²) in [5.74, 6) is -1.00. The van der Waals surface area contributed by atoms with E-state index in [1.165, 1.54) is 7.11 Å². The summed E-state index contributed by atoms with van der Waals surface area (Å²) in [5.41, 5.74) is 0. The number of likely N-dealkylation sites (tertiary alicyclic amines) is 2. The SMILES string of the molecule is CC[C@H](C)[C@@H]([C@@H](CC(=O)N1CCC[C@H]1C(OC)C(C)C(=O)OC)OC)N(C)C(=O)[C@@H](NC(=O)[C@@H]1[C@H]2CC[C@H](C2)N1C)C(C)C. The highest BCUT2D eigenvalue weighted by molar-refractivity contribution is 5.90. The fourth-order valence-electron chi connectivity index (χ4n) is 8.06. The minimum absolute atomic E-state index is 0.0300. The molecule has 11 heteroatoms. The Morgan fingerprint density at radius 2 is 1.68 bits per heavy atom. The van der Waals surface area contributed by atoms with Gasteiger partial charge in [-0.1, -0.05) is 34.1 Å². The quantitative estimate of drug-likeness (QED) is 0.277. The number of esters is 1. The van der Waals surface area contributed by atoms with Crippen LogP contribution in [0.1, 0.15) is 79.6 Å². The molecule has 2 bridgehead atoms. The van der Waals surface area contributed by atoms with Gasteiger partial charge >= 0.3 is 5.97 Å². The smallest absolute Gasteiger partial charge is 0.311 e. The van der Waals surface area contributed by atoms with E-state index < -0.39 is 30.2 Å². The molecule has 2 saturated heterocycles. The van der Waals surface area contributed by atoms with Crippen molar-refractivity contribution in [3.63, 3.8) is 0 Å². The first-order valence-corrected chi connectivity index (χ1v) is 16.5. The molecule has 0 aromatic heterocycles. The molecule has 3 rings (SSSR count). The zero-order valence-electron chi connectivity index (χ0n) is 28.7. The average Bonchev–Trinajstić information content (AvgIpc) is 3.75. The molecule has 2 heterocycles. The number of carbonyl (C=O) groups excluding carboxylic acids is 4. The van der Waals surface area contributed by atoms with Gasteiger partial charge < -0.3 is 29.3 Å². The summed E-state index contributed by atoms with van der Waals surface area (Å²) in [7, 11) is 8.27. The molecule has 11 nitrogen and oxygen atoms in total. The fourth-order valence-corrected chi connectivity index (χ4v) is 8.06. The van der Waals surface area contributed by atoms with Crippen molar-refractivity contribution in [2.24, 2.45) is 23.7 Å². The molecule has 0 aromatic rings. The first-order chi connectivity index (χ1) is 20.8. The van der Waals surface area contributed by atoms with Gasteiger partial charge in [0.1, 0.15) is 6.04 Å². The van der Waals surface area contributed by atoms with E-state index in [4.69, 9.17) is 14.2 Å². The maximum atomic E-state index is 14.1. The van der Waals surface area contributed by atoms with Crippen LogP contribution in [0.3, 0.4) is 0 Å². The number of carbonyl (C=O) groups is 4. The van der Waals surface area contributed by atoms with E-state index >= 15 is 0 Å².